The van der Waals surface area contributed by atoms with Crippen molar-refractivity contribution in [2.24, 2.45) is 5.73 Å². The zero-order chi connectivity index (χ0) is 19.6. The maximum absolute atomic E-state index is 12.4. The lowest BCUT2D eigenvalue weighted by molar-refractivity contribution is 0.0987. The van der Waals surface area contributed by atoms with Crippen molar-refractivity contribution in [3.63, 3.8) is 0 Å². The summed E-state index contributed by atoms with van der Waals surface area (Å²) in [6.45, 7) is 6.24. The van der Waals surface area contributed by atoms with Gasteiger partial charge in [0, 0.05) is 17.7 Å². The first-order valence-corrected chi connectivity index (χ1v) is 8.70. The van der Waals surface area contributed by atoms with Crippen molar-refractivity contribution in [3.05, 3.63) is 87.9 Å². The number of benzene rings is 2. The van der Waals surface area contributed by atoms with Gasteiger partial charge < -0.3 is 15.5 Å². The Morgan fingerprint density at radius 2 is 1.70 bits per heavy atom. The number of nitrogens with two attached hydrogens (primary N) is 1. The Balaban J connectivity index is 1.75. The van der Waals surface area contributed by atoms with Crippen molar-refractivity contribution in [2.45, 2.75) is 27.2 Å². The molecule has 27 heavy (non-hydrogen) atoms. The molecule has 5 nitrogen and oxygen atoms in total. The minimum atomic E-state index is -0.546. The molecular formula is C22H22N2O3. The van der Waals surface area contributed by atoms with E-state index in [-0.39, 0.29) is 11.7 Å². The Hall–Kier alpha value is -3.34. The molecule has 0 aliphatic heterocycles. The maximum atomic E-state index is 12.4. The molecule has 5 heteroatoms. The molecule has 0 unspecified atom stereocenters. The van der Waals surface area contributed by atoms with Crippen LogP contribution in [0.4, 0.5) is 5.69 Å². The Morgan fingerprint density at radius 3 is 2.37 bits per heavy atom. The van der Waals surface area contributed by atoms with E-state index in [9.17, 15) is 9.59 Å². The lowest BCUT2D eigenvalue weighted by atomic mass is 9.97. The van der Waals surface area contributed by atoms with Crippen LogP contribution in [0.5, 0.6) is 0 Å². The summed E-state index contributed by atoms with van der Waals surface area (Å²) in [5, 5.41) is 2.72. The number of hydrogen-bond donors (Lipinski definition) is 2. The van der Waals surface area contributed by atoms with Crippen LogP contribution in [0, 0.1) is 20.8 Å². The second-order valence-corrected chi connectivity index (χ2v) is 6.72. The van der Waals surface area contributed by atoms with Crippen LogP contribution >= 0.6 is 0 Å². The van der Waals surface area contributed by atoms with Gasteiger partial charge in [-0.3, -0.25) is 9.59 Å². The van der Waals surface area contributed by atoms with Crippen LogP contribution in [0.2, 0.25) is 0 Å². The summed E-state index contributed by atoms with van der Waals surface area (Å²) in [6, 6.07) is 14.2. The van der Waals surface area contributed by atoms with Crippen molar-refractivity contribution in [2.75, 3.05) is 5.32 Å². The SMILES string of the molecule is Cc1cc(C)c(Cc2ccc(C(=O)Nc3cccc(C(N)=O)c3)o2)c(C)c1. The van der Waals surface area contributed by atoms with Crippen LogP contribution in [0.1, 0.15) is 48.9 Å². The Kier molecular flexibility index (Phi) is 5.12. The third-order valence-corrected chi connectivity index (χ3v) is 4.48. The second-order valence-electron chi connectivity index (χ2n) is 6.72. The van der Waals surface area contributed by atoms with Gasteiger partial charge in [0.15, 0.2) is 5.76 Å². The smallest absolute Gasteiger partial charge is 0.291 e. The van der Waals surface area contributed by atoms with E-state index in [1.54, 1.807) is 24.3 Å². The molecule has 0 bridgehead atoms. The van der Waals surface area contributed by atoms with E-state index < -0.39 is 5.91 Å². The zero-order valence-electron chi connectivity index (χ0n) is 15.6. The molecule has 3 rings (SSSR count). The van der Waals surface area contributed by atoms with Crippen molar-refractivity contribution < 1.29 is 14.0 Å². The van der Waals surface area contributed by atoms with Gasteiger partial charge in [0.25, 0.3) is 5.91 Å². The van der Waals surface area contributed by atoms with E-state index >= 15 is 0 Å². The third kappa shape index (κ3) is 4.26. The van der Waals surface area contributed by atoms with Gasteiger partial charge in [-0.05, 0) is 67.8 Å². The molecule has 3 aromatic rings. The lowest BCUT2D eigenvalue weighted by Gasteiger charge is -2.10. The first-order valence-electron chi connectivity index (χ1n) is 8.70. The average molecular weight is 362 g/mol. The molecule has 0 aliphatic carbocycles. The molecule has 2 aromatic carbocycles. The summed E-state index contributed by atoms with van der Waals surface area (Å²) in [6.07, 6.45) is 0.627. The summed E-state index contributed by atoms with van der Waals surface area (Å²) in [4.78, 5) is 23.7. The molecule has 0 saturated heterocycles. The monoisotopic (exact) mass is 362 g/mol. The second kappa shape index (κ2) is 7.50. The van der Waals surface area contributed by atoms with Crippen LogP contribution in [-0.4, -0.2) is 11.8 Å². The number of hydrogen-bond acceptors (Lipinski definition) is 3. The first kappa shape index (κ1) is 18.5. The molecule has 0 atom stereocenters. The van der Waals surface area contributed by atoms with E-state index in [4.69, 9.17) is 10.2 Å². The Labute approximate surface area is 158 Å². The van der Waals surface area contributed by atoms with E-state index in [2.05, 4.69) is 38.2 Å². The van der Waals surface area contributed by atoms with Gasteiger partial charge in [-0.15, -0.1) is 0 Å². The topological polar surface area (TPSA) is 85.3 Å². The van der Waals surface area contributed by atoms with E-state index in [1.165, 1.54) is 28.3 Å². The highest BCUT2D eigenvalue weighted by Gasteiger charge is 2.14. The van der Waals surface area contributed by atoms with Crippen LogP contribution in [0.15, 0.2) is 52.9 Å². The van der Waals surface area contributed by atoms with Crippen LogP contribution < -0.4 is 11.1 Å². The molecular weight excluding hydrogens is 340 g/mol. The maximum Gasteiger partial charge on any atom is 0.291 e. The fourth-order valence-corrected chi connectivity index (χ4v) is 3.20. The molecule has 0 radical (unpaired) electrons. The highest BCUT2D eigenvalue weighted by Crippen LogP contribution is 2.22. The fraction of sp³-hybridized carbons (Fsp3) is 0.182. The summed E-state index contributed by atoms with van der Waals surface area (Å²) in [5.41, 5.74) is 10.9. The summed E-state index contributed by atoms with van der Waals surface area (Å²) in [7, 11) is 0. The largest absolute Gasteiger partial charge is 0.456 e. The minimum Gasteiger partial charge on any atom is -0.456 e. The number of anilines is 1. The van der Waals surface area contributed by atoms with Gasteiger partial charge in [0.1, 0.15) is 5.76 Å². The predicted octanol–water partition coefficient (Wildman–Crippen LogP) is 4.15. The highest BCUT2D eigenvalue weighted by molar-refractivity contribution is 6.03. The lowest BCUT2D eigenvalue weighted by Crippen LogP contribution is -2.14. The predicted molar refractivity (Wildman–Crippen MR) is 105 cm³/mol. The van der Waals surface area contributed by atoms with Crippen molar-refractivity contribution in [1.29, 1.82) is 0 Å². The number of amides is 2. The number of aryl methyl sites for hydroxylation is 3. The van der Waals surface area contributed by atoms with Gasteiger partial charge in [-0.2, -0.15) is 0 Å². The van der Waals surface area contributed by atoms with E-state index in [1.807, 2.05) is 6.07 Å². The zero-order valence-corrected chi connectivity index (χ0v) is 15.6. The normalized spacial score (nSPS) is 10.6. The van der Waals surface area contributed by atoms with Crippen LogP contribution in [-0.2, 0) is 6.42 Å². The van der Waals surface area contributed by atoms with Gasteiger partial charge in [0.05, 0.1) is 0 Å². The number of carbonyl (C=O) groups excluding carboxylic acids is 2. The molecule has 1 aromatic heterocycles. The van der Waals surface area contributed by atoms with Crippen molar-refractivity contribution >= 4 is 17.5 Å². The number of carbonyl (C=O) groups is 2. The highest BCUT2D eigenvalue weighted by atomic mass is 16.3. The van der Waals surface area contributed by atoms with E-state index in [0.29, 0.717) is 17.7 Å². The standard InChI is InChI=1S/C22H22N2O3/c1-13-9-14(2)19(15(3)10-13)12-18-7-8-20(27-18)22(26)24-17-6-4-5-16(11-17)21(23)25/h4-11H,12H2,1-3H3,(H2,23,25)(H,24,26). The molecule has 138 valence electrons. The summed E-state index contributed by atoms with van der Waals surface area (Å²) >= 11 is 0. The van der Waals surface area contributed by atoms with Gasteiger partial charge in [-0.1, -0.05) is 23.8 Å². The third-order valence-electron chi connectivity index (χ3n) is 4.48. The number of nitrogens with one attached hydrogen (secondary N) is 1. The summed E-state index contributed by atoms with van der Waals surface area (Å²) in [5.74, 6) is 0.0217. The average Bonchev–Trinajstić information content (AvgIpc) is 3.07. The molecule has 0 aliphatic rings. The fourth-order valence-electron chi connectivity index (χ4n) is 3.20. The molecule has 3 N–H and O–H groups in total. The molecule has 0 fully saturated rings. The molecule has 1 heterocycles. The van der Waals surface area contributed by atoms with Crippen molar-refractivity contribution in [3.8, 4) is 0 Å². The number of rotatable bonds is 5. The Bertz CT molecular complexity index is 995. The molecule has 0 spiro atoms. The summed E-state index contributed by atoms with van der Waals surface area (Å²) < 4.78 is 5.74. The van der Waals surface area contributed by atoms with Gasteiger partial charge in [-0.25, -0.2) is 0 Å². The van der Waals surface area contributed by atoms with Crippen LogP contribution in [0.3, 0.4) is 0 Å². The molecule has 0 saturated carbocycles. The van der Waals surface area contributed by atoms with Gasteiger partial charge >= 0.3 is 0 Å². The minimum absolute atomic E-state index is 0.219. The quantitative estimate of drug-likeness (QED) is 0.715. The number of primary amides is 1. The first-order chi connectivity index (χ1) is 12.8. The number of furan rings is 1. The van der Waals surface area contributed by atoms with Gasteiger partial charge in [0.2, 0.25) is 5.91 Å². The molecule has 2 amide bonds. The van der Waals surface area contributed by atoms with Crippen molar-refractivity contribution in [1.82, 2.24) is 0 Å². The van der Waals surface area contributed by atoms with E-state index in [0.717, 1.165) is 5.76 Å². The Morgan fingerprint density at radius 1 is 1.00 bits per heavy atom. The van der Waals surface area contributed by atoms with Crippen LogP contribution in [0.25, 0.3) is 0 Å².